The van der Waals surface area contributed by atoms with E-state index in [4.69, 9.17) is 11.6 Å². The molecule has 0 aliphatic carbocycles. The number of piperidine rings is 1. The second-order valence-corrected chi connectivity index (χ2v) is 12.7. The topological polar surface area (TPSA) is 116 Å². The standard InChI is InChI=1S/C38H41ClN4O4/c1-25(44)33(22-26-7-3-2-4-8-26)41-37(46)34(23-27-12-15-32(39)16-13-27)43-38(47)35(42-36(45)30-17-19-40-20-18-30)24-28-11-14-29-9-5-6-10-31(29)21-28/h2-16,21,30,33-35,40H,17-20,22-24H2,1H3,(H,41,46)(H,42,45)(H,43,47). The number of fused-ring (bicyclic) bond motifs is 1. The summed E-state index contributed by atoms with van der Waals surface area (Å²) in [6.07, 6.45) is 2.10. The number of nitrogens with one attached hydrogen (secondary N) is 4. The van der Waals surface area contributed by atoms with Crippen molar-refractivity contribution in [1.82, 2.24) is 21.3 Å². The Balaban J connectivity index is 1.39. The highest BCUT2D eigenvalue weighted by molar-refractivity contribution is 6.30. The summed E-state index contributed by atoms with van der Waals surface area (Å²) in [6, 6.07) is 27.7. The number of rotatable bonds is 13. The fourth-order valence-electron chi connectivity index (χ4n) is 5.94. The average molecular weight is 653 g/mol. The van der Waals surface area contributed by atoms with Crippen molar-refractivity contribution in [3.63, 3.8) is 0 Å². The van der Waals surface area contributed by atoms with E-state index in [0.717, 1.165) is 40.6 Å². The molecule has 4 aromatic carbocycles. The predicted molar refractivity (Wildman–Crippen MR) is 185 cm³/mol. The molecule has 244 valence electrons. The molecule has 1 heterocycles. The Labute approximate surface area is 280 Å². The van der Waals surface area contributed by atoms with Crippen LogP contribution in [0.3, 0.4) is 0 Å². The average Bonchev–Trinajstić information content (AvgIpc) is 3.09. The van der Waals surface area contributed by atoms with Gasteiger partial charge in [-0.1, -0.05) is 96.5 Å². The van der Waals surface area contributed by atoms with Crippen LogP contribution in [0.1, 0.15) is 36.5 Å². The fraction of sp³-hybridized carbons (Fsp3) is 0.316. The van der Waals surface area contributed by atoms with Crippen molar-refractivity contribution in [2.75, 3.05) is 13.1 Å². The third kappa shape index (κ3) is 9.73. The Morgan fingerprint density at radius 2 is 1.19 bits per heavy atom. The summed E-state index contributed by atoms with van der Waals surface area (Å²) < 4.78 is 0. The lowest BCUT2D eigenvalue weighted by Crippen LogP contribution is -2.57. The van der Waals surface area contributed by atoms with Crippen molar-refractivity contribution >= 4 is 45.9 Å². The van der Waals surface area contributed by atoms with Gasteiger partial charge in [0.15, 0.2) is 5.78 Å². The molecular weight excluding hydrogens is 612 g/mol. The summed E-state index contributed by atoms with van der Waals surface area (Å²) in [5, 5.41) is 14.7. The molecule has 47 heavy (non-hydrogen) atoms. The number of benzene rings is 4. The van der Waals surface area contributed by atoms with Crippen LogP contribution in [-0.2, 0) is 38.4 Å². The number of Topliss-reactive ketones (excluding diaryl/α,β-unsaturated/α-hetero) is 1. The zero-order valence-electron chi connectivity index (χ0n) is 26.5. The Morgan fingerprint density at radius 3 is 1.87 bits per heavy atom. The number of carbonyl (C=O) groups excluding carboxylic acids is 4. The highest BCUT2D eigenvalue weighted by Gasteiger charge is 2.31. The van der Waals surface area contributed by atoms with Gasteiger partial charge in [-0.2, -0.15) is 0 Å². The van der Waals surface area contributed by atoms with E-state index < -0.39 is 29.9 Å². The highest BCUT2D eigenvalue weighted by Crippen LogP contribution is 2.19. The molecule has 5 rings (SSSR count). The second kappa shape index (κ2) is 16.3. The molecule has 8 nitrogen and oxygen atoms in total. The summed E-state index contributed by atoms with van der Waals surface area (Å²) in [6.45, 7) is 2.92. The van der Waals surface area contributed by atoms with E-state index in [9.17, 15) is 19.2 Å². The minimum atomic E-state index is -1.02. The summed E-state index contributed by atoms with van der Waals surface area (Å²) in [5.41, 5.74) is 2.57. The van der Waals surface area contributed by atoms with Gasteiger partial charge in [-0.15, -0.1) is 0 Å². The number of halogens is 1. The fourth-order valence-corrected chi connectivity index (χ4v) is 6.07. The van der Waals surface area contributed by atoms with Crippen LogP contribution in [0.5, 0.6) is 0 Å². The van der Waals surface area contributed by atoms with Gasteiger partial charge in [0.2, 0.25) is 17.7 Å². The van der Waals surface area contributed by atoms with E-state index in [1.165, 1.54) is 6.92 Å². The first kappa shape index (κ1) is 33.8. The van der Waals surface area contributed by atoms with Gasteiger partial charge in [0, 0.05) is 23.8 Å². The third-order valence-corrected chi connectivity index (χ3v) is 8.92. The maximum Gasteiger partial charge on any atom is 0.243 e. The van der Waals surface area contributed by atoms with Gasteiger partial charge in [-0.3, -0.25) is 19.2 Å². The maximum atomic E-state index is 14.1. The van der Waals surface area contributed by atoms with Crippen molar-refractivity contribution < 1.29 is 19.2 Å². The SMILES string of the molecule is CC(=O)C(Cc1ccccc1)NC(=O)C(Cc1ccc(Cl)cc1)NC(=O)C(Cc1ccc2ccccc2c1)NC(=O)C1CCNCC1. The van der Waals surface area contributed by atoms with Crippen molar-refractivity contribution in [2.24, 2.45) is 5.92 Å². The normalized spacial score (nSPS) is 15.3. The molecule has 1 aliphatic rings. The van der Waals surface area contributed by atoms with Gasteiger partial charge in [-0.25, -0.2) is 0 Å². The van der Waals surface area contributed by atoms with Gasteiger partial charge in [0.1, 0.15) is 12.1 Å². The third-order valence-electron chi connectivity index (χ3n) is 8.67. The predicted octanol–water partition coefficient (Wildman–Crippen LogP) is 4.56. The lowest BCUT2D eigenvalue weighted by atomic mass is 9.95. The van der Waals surface area contributed by atoms with Gasteiger partial charge >= 0.3 is 0 Å². The number of carbonyl (C=O) groups is 4. The molecule has 0 aromatic heterocycles. The first-order chi connectivity index (χ1) is 22.7. The molecule has 3 unspecified atom stereocenters. The van der Waals surface area contributed by atoms with Crippen molar-refractivity contribution in [3.05, 3.63) is 119 Å². The molecule has 3 atom stereocenters. The van der Waals surface area contributed by atoms with E-state index >= 15 is 0 Å². The molecule has 4 N–H and O–H groups in total. The van der Waals surface area contributed by atoms with Crippen LogP contribution in [0, 0.1) is 5.92 Å². The lowest BCUT2D eigenvalue weighted by Gasteiger charge is -2.27. The van der Waals surface area contributed by atoms with Crippen molar-refractivity contribution in [3.8, 4) is 0 Å². The Bertz CT molecular complexity index is 1690. The van der Waals surface area contributed by atoms with Crippen LogP contribution < -0.4 is 21.3 Å². The smallest absolute Gasteiger partial charge is 0.243 e. The molecule has 0 radical (unpaired) electrons. The lowest BCUT2D eigenvalue weighted by molar-refractivity contribution is -0.134. The second-order valence-electron chi connectivity index (χ2n) is 12.2. The molecule has 1 aliphatic heterocycles. The first-order valence-electron chi connectivity index (χ1n) is 16.1. The monoisotopic (exact) mass is 652 g/mol. The number of hydrogen-bond acceptors (Lipinski definition) is 5. The van der Waals surface area contributed by atoms with Gasteiger partial charge in [0.05, 0.1) is 6.04 Å². The molecular formula is C38H41ClN4O4. The zero-order chi connectivity index (χ0) is 33.2. The largest absolute Gasteiger partial charge is 0.344 e. The molecule has 9 heteroatoms. The van der Waals surface area contributed by atoms with E-state index in [0.29, 0.717) is 24.3 Å². The zero-order valence-corrected chi connectivity index (χ0v) is 27.3. The molecule has 1 saturated heterocycles. The Kier molecular flexibility index (Phi) is 11.8. The number of hydrogen-bond donors (Lipinski definition) is 4. The number of ketones is 1. The molecule has 3 amide bonds. The minimum absolute atomic E-state index is 0.162. The van der Waals surface area contributed by atoms with Crippen LogP contribution in [0.25, 0.3) is 10.8 Å². The number of amides is 3. The molecule has 0 spiro atoms. The molecule has 1 fully saturated rings. The van der Waals surface area contributed by atoms with Crippen molar-refractivity contribution in [1.29, 1.82) is 0 Å². The quantitative estimate of drug-likeness (QED) is 0.169. The van der Waals surface area contributed by atoms with Crippen LogP contribution in [0.15, 0.2) is 97.1 Å². The van der Waals surface area contributed by atoms with Gasteiger partial charge in [-0.05, 0) is 78.9 Å². The molecule has 4 aromatic rings. The van der Waals surface area contributed by atoms with Crippen LogP contribution in [-0.4, -0.2) is 54.7 Å². The Hall–Kier alpha value is -4.53. The van der Waals surface area contributed by atoms with E-state index in [-0.39, 0.29) is 30.4 Å². The van der Waals surface area contributed by atoms with E-state index in [1.807, 2.05) is 72.8 Å². The van der Waals surface area contributed by atoms with Crippen LogP contribution >= 0.6 is 11.6 Å². The van der Waals surface area contributed by atoms with Crippen LogP contribution in [0.4, 0.5) is 0 Å². The molecule has 0 bridgehead atoms. The summed E-state index contributed by atoms with van der Waals surface area (Å²) in [5.74, 6) is -1.53. The van der Waals surface area contributed by atoms with E-state index in [1.54, 1.807) is 24.3 Å². The summed E-state index contributed by atoms with van der Waals surface area (Å²) in [4.78, 5) is 54.0. The van der Waals surface area contributed by atoms with E-state index in [2.05, 4.69) is 21.3 Å². The summed E-state index contributed by atoms with van der Waals surface area (Å²) in [7, 11) is 0. The highest BCUT2D eigenvalue weighted by atomic mass is 35.5. The van der Waals surface area contributed by atoms with Crippen molar-refractivity contribution in [2.45, 2.75) is 57.2 Å². The Morgan fingerprint density at radius 1 is 0.660 bits per heavy atom. The van der Waals surface area contributed by atoms with Gasteiger partial charge < -0.3 is 21.3 Å². The summed E-state index contributed by atoms with van der Waals surface area (Å²) >= 11 is 6.11. The van der Waals surface area contributed by atoms with Crippen LogP contribution in [0.2, 0.25) is 5.02 Å². The van der Waals surface area contributed by atoms with Gasteiger partial charge in [0.25, 0.3) is 0 Å². The molecule has 0 saturated carbocycles. The maximum absolute atomic E-state index is 14.1. The first-order valence-corrected chi connectivity index (χ1v) is 16.5. The minimum Gasteiger partial charge on any atom is -0.344 e.